The van der Waals surface area contributed by atoms with Gasteiger partial charge in [-0.05, 0) is 66.6 Å². The molecule has 28 heavy (non-hydrogen) atoms. The summed E-state index contributed by atoms with van der Waals surface area (Å²) >= 11 is 0. The predicted molar refractivity (Wildman–Crippen MR) is 111 cm³/mol. The molecule has 0 radical (unpaired) electrons. The van der Waals surface area contributed by atoms with Crippen LogP contribution in [0.5, 0.6) is 5.75 Å². The number of carbonyl (C=O) groups excluding carboxylic acids is 1. The van der Waals surface area contributed by atoms with Gasteiger partial charge in [0.25, 0.3) is 0 Å². The lowest BCUT2D eigenvalue weighted by atomic mass is 9.66. The minimum atomic E-state index is -0.396. The van der Waals surface area contributed by atoms with Crippen molar-refractivity contribution in [2.75, 3.05) is 0 Å². The van der Waals surface area contributed by atoms with Crippen LogP contribution in [0.4, 0.5) is 0 Å². The molecule has 0 saturated heterocycles. The lowest BCUT2D eigenvalue weighted by molar-refractivity contribution is 0.0734. The molecule has 1 fully saturated rings. The zero-order valence-corrected chi connectivity index (χ0v) is 16.7. The quantitative estimate of drug-likeness (QED) is 0.313. The van der Waals surface area contributed by atoms with Gasteiger partial charge in [-0.2, -0.15) is 5.26 Å². The molecule has 1 aliphatic rings. The lowest BCUT2D eigenvalue weighted by Gasteiger charge is -2.38. The van der Waals surface area contributed by atoms with Gasteiger partial charge in [-0.1, -0.05) is 57.6 Å². The van der Waals surface area contributed by atoms with Crippen LogP contribution in [0, 0.1) is 11.3 Å². The van der Waals surface area contributed by atoms with Gasteiger partial charge in [-0.15, -0.1) is 0 Å². The highest BCUT2D eigenvalue weighted by atomic mass is 16.5. The zero-order valence-electron chi connectivity index (χ0n) is 16.7. The molecule has 3 rings (SSSR count). The van der Waals surface area contributed by atoms with Crippen LogP contribution in [0.2, 0.25) is 0 Å². The second-order valence-corrected chi connectivity index (χ2v) is 7.90. The van der Waals surface area contributed by atoms with E-state index >= 15 is 0 Å². The van der Waals surface area contributed by atoms with Gasteiger partial charge in [-0.3, -0.25) is 0 Å². The number of rotatable bonds is 7. The van der Waals surface area contributed by atoms with Crippen molar-refractivity contribution in [2.24, 2.45) is 0 Å². The summed E-state index contributed by atoms with van der Waals surface area (Å²) in [6, 6.07) is 16.7. The van der Waals surface area contributed by atoms with Crippen LogP contribution in [0.25, 0.3) is 0 Å². The average Bonchev–Trinajstić information content (AvgIpc) is 2.75. The first-order valence-electron chi connectivity index (χ1n) is 10.5. The highest BCUT2D eigenvalue weighted by Gasteiger charge is 2.33. The molecule has 1 saturated carbocycles. The summed E-state index contributed by atoms with van der Waals surface area (Å²) in [6.45, 7) is 2.25. The number of nitriles is 1. The minimum absolute atomic E-state index is 0.295. The number of ether oxygens (including phenoxy) is 1. The Morgan fingerprint density at radius 1 is 1.00 bits per heavy atom. The van der Waals surface area contributed by atoms with Crippen molar-refractivity contribution in [3.05, 3.63) is 65.2 Å². The van der Waals surface area contributed by atoms with Gasteiger partial charge in [0.2, 0.25) is 0 Å². The van der Waals surface area contributed by atoms with E-state index in [-0.39, 0.29) is 0 Å². The Morgan fingerprint density at radius 2 is 1.68 bits per heavy atom. The summed E-state index contributed by atoms with van der Waals surface area (Å²) in [7, 11) is 0. The van der Waals surface area contributed by atoms with Gasteiger partial charge in [0, 0.05) is 0 Å². The molecule has 2 aromatic carbocycles. The van der Waals surface area contributed by atoms with Crippen molar-refractivity contribution in [1.29, 1.82) is 5.26 Å². The molecule has 0 atom stereocenters. The lowest BCUT2D eigenvalue weighted by Crippen LogP contribution is -2.29. The van der Waals surface area contributed by atoms with Gasteiger partial charge >= 0.3 is 5.97 Å². The molecule has 2 aromatic rings. The highest BCUT2D eigenvalue weighted by Crippen LogP contribution is 2.43. The molecule has 0 N–H and O–H groups in total. The van der Waals surface area contributed by atoms with Crippen LogP contribution >= 0.6 is 0 Å². The maximum absolute atomic E-state index is 12.3. The monoisotopic (exact) mass is 375 g/mol. The molecule has 3 nitrogen and oxygen atoms in total. The zero-order chi connectivity index (χ0) is 19.8. The van der Waals surface area contributed by atoms with E-state index in [0.29, 0.717) is 22.3 Å². The van der Waals surface area contributed by atoms with E-state index in [9.17, 15) is 4.79 Å². The topological polar surface area (TPSA) is 50.1 Å². The number of hydrogen-bond acceptors (Lipinski definition) is 3. The van der Waals surface area contributed by atoms with Crippen molar-refractivity contribution >= 4 is 5.97 Å². The largest absolute Gasteiger partial charge is 0.423 e. The number of hydrogen-bond donors (Lipinski definition) is 0. The molecule has 3 heteroatoms. The van der Waals surface area contributed by atoms with E-state index in [0.717, 1.165) is 0 Å². The van der Waals surface area contributed by atoms with E-state index in [2.05, 4.69) is 19.1 Å². The molecule has 0 amide bonds. The maximum Gasteiger partial charge on any atom is 0.343 e. The first-order valence-corrected chi connectivity index (χ1v) is 10.5. The van der Waals surface area contributed by atoms with Gasteiger partial charge in [0.1, 0.15) is 5.75 Å². The molecule has 0 bridgehead atoms. The van der Waals surface area contributed by atoms with E-state index in [1.54, 1.807) is 24.3 Å². The number of benzene rings is 2. The third-order valence-corrected chi connectivity index (χ3v) is 6.00. The Hall–Kier alpha value is -2.60. The fraction of sp³-hybridized carbons (Fsp3) is 0.440. The second kappa shape index (κ2) is 9.55. The van der Waals surface area contributed by atoms with E-state index in [4.69, 9.17) is 10.00 Å². The van der Waals surface area contributed by atoms with Crippen LogP contribution in [-0.2, 0) is 5.41 Å². The van der Waals surface area contributed by atoms with Crippen molar-refractivity contribution in [3.8, 4) is 11.8 Å². The van der Waals surface area contributed by atoms with Crippen molar-refractivity contribution in [2.45, 2.75) is 70.1 Å². The number of nitrogens with zero attached hydrogens (tertiary/aromatic N) is 1. The molecule has 0 aromatic heterocycles. The summed E-state index contributed by atoms with van der Waals surface area (Å²) < 4.78 is 5.53. The summed E-state index contributed by atoms with van der Waals surface area (Å²) in [5.74, 6) is 0.171. The van der Waals surface area contributed by atoms with Crippen LogP contribution < -0.4 is 4.74 Å². The summed E-state index contributed by atoms with van der Waals surface area (Å²) in [5, 5.41) is 8.86. The summed E-state index contributed by atoms with van der Waals surface area (Å²) in [6.07, 6.45) is 11.6. The Kier molecular flexibility index (Phi) is 6.87. The summed E-state index contributed by atoms with van der Waals surface area (Å²) in [5.41, 5.74) is 2.66. The summed E-state index contributed by atoms with van der Waals surface area (Å²) in [4.78, 5) is 12.3. The van der Waals surface area contributed by atoms with Crippen LogP contribution in [0.15, 0.2) is 48.5 Å². The number of unbranched alkanes of at least 4 members (excludes halogenated alkanes) is 2. The number of esters is 1. The second-order valence-electron chi connectivity index (χ2n) is 7.90. The number of carbonyl (C=O) groups is 1. The van der Waals surface area contributed by atoms with Gasteiger partial charge < -0.3 is 4.74 Å². The van der Waals surface area contributed by atoms with Crippen LogP contribution in [0.3, 0.4) is 0 Å². The Bertz CT molecular complexity index is 809. The third-order valence-electron chi connectivity index (χ3n) is 6.00. The van der Waals surface area contributed by atoms with Gasteiger partial charge in [0.15, 0.2) is 0 Å². The Labute approximate surface area is 168 Å². The highest BCUT2D eigenvalue weighted by molar-refractivity contribution is 5.91. The fourth-order valence-corrected chi connectivity index (χ4v) is 4.35. The Morgan fingerprint density at radius 3 is 2.29 bits per heavy atom. The van der Waals surface area contributed by atoms with E-state index < -0.39 is 5.97 Å². The molecule has 0 heterocycles. The fourth-order valence-electron chi connectivity index (χ4n) is 4.35. The van der Waals surface area contributed by atoms with Crippen LogP contribution in [-0.4, -0.2) is 5.97 Å². The first kappa shape index (κ1) is 20.1. The molecule has 0 aliphatic heterocycles. The van der Waals surface area contributed by atoms with E-state index in [1.807, 2.05) is 18.2 Å². The average molecular weight is 376 g/mol. The first-order chi connectivity index (χ1) is 13.7. The normalized spacial score (nSPS) is 15.6. The molecular weight excluding hydrogens is 346 g/mol. The van der Waals surface area contributed by atoms with Gasteiger partial charge in [0.05, 0.1) is 17.2 Å². The van der Waals surface area contributed by atoms with Crippen molar-refractivity contribution in [3.63, 3.8) is 0 Å². The molecular formula is C25H29NO2. The smallest absolute Gasteiger partial charge is 0.343 e. The SMILES string of the molecule is CCCCCC1(c2ccc(OC(=O)c3ccc(C#N)cc3)cc2)CCCCC1. The van der Waals surface area contributed by atoms with Crippen LogP contribution in [0.1, 0.15) is 86.2 Å². The van der Waals surface area contributed by atoms with E-state index in [1.165, 1.54) is 63.4 Å². The van der Waals surface area contributed by atoms with Gasteiger partial charge in [-0.25, -0.2) is 4.79 Å². The standard InChI is InChI=1S/C25H29NO2/c1-2-3-5-16-25(17-6-4-7-18-25)22-12-14-23(15-13-22)28-24(27)21-10-8-20(19-26)9-11-21/h8-15H,2-7,16-18H2,1H3. The molecule has 0 unspecified atom stereocenters. The Balaban J connectivity index is 1.70. The van der Waals surface area contributed by atoms with Crippen molar-refractivity contribution in [1.82, 2.24) is 0 Å². The maximum atomic E-state index is 12.3. The minimum Gasteiger partial charge on any atom is -0.423 e. The molecule has 0 spiro atoms. The third kappa shape index (κ3) is 4.81. The molecule has 146 valence electrons. The predicted octanol–water partition coefficient (Wildman–Crippen LogP) is 6.56. The molecule has 1 aliphatic carbocycles. The van der Waals surface area contributed by atoms with Crippen molar-refractivity contribution < 1.29 is 9.53 Å².